The van der Waals surface area contributed by atoms with Crippen LogP contribution in [0.4, 0.5) is 5.69 Å². The first kappa shape index (κ1) is 19.6. The maximum Gasteiger partial charge on any atom is 0.237 e. The van der Waals surface area contributed by atoms with Crippen LogP contribution in [0.25, 0.3) is 0 Å². The lowest BCUT2D eigenvalue weighted by Crippen LogP contribution is -2.22. The molecule has 1 amide bonds. The molecule has 0 unspecified atom stereocenters. The smallest absolute Gasteiger partial charge is 0.237 e. The van der Waals surface area contributed by atoms with Crippen LogP contribution < -0.4 is 5.32 Å². The summed E-state index contributed by atoms with van der Waals surface area (Å²) in [5.74, 6) is 0.942. The number of carbonyl (C=O) groups excluding carboxylic acids is 1. The number of benzene rings is 3. The molecule has 0 aliphatic heterocycles. The lowest BCUT2D eigenvalue weighted by molar-refractivity contribution is -0.115. The van der Waals surface area contributed by atoms with Crippen LogP contribution in [0, 0.1) is 6.92 Å². The maximum absolute atomic E-state index is 12.5. The molecule has 2 nitrogen and oxygen atoms in total. The SMILES string of the molecule is Cc1cc(CSc2ccccc2)ccc1NC(=O)[C@@H](C)Sc1ccccc1. The van der Waals surface area contributed by atoms with Gasteiger partial charge in [0.2, 0.25) is 5.91 Å². The van der Waals surface area contributed by atoms with E-state index in [1.165, 1.54) is 10.5 Å². The molecule has 0 aromatic heterocycles. The monoisotopic (exact) mass is 393 g/mol. The molecule has 138 valence electrons. The van der Waals surface area contributed by atoms with Crippen LogP contribution in [0.3, 0.4) is 0 Å². The van der Waals surface area contributed by atoms with Crippen molar-refractivity contribution in [2.75, 3.05) is 5.32 Å². The van der Waals surface area contributed by atoms with Gasteiger partial charge in [0.25, 0.3) is 0 Å². The molecule has 1 atom stereocenters. The highest BCUT2D eigenvalue weighted by Crippen LogP contribution is 2.27. The molecule has 3 aromatic carbocycles. The van der Waals surface area contributed by atoms with Crippen molar-refractivity contribution in [3.8, 4) is 0 Å². The molecule has 0 fully saturated rings. The Bertz CT molecular complexity index is 881. The van der Waals surface area contributed by atoms with Gasteiger partial charge in [-0.25, -0.2) is 0 Å². The number of amides is 1. The van der Waals surface area contributed by atoms with Gasteiger partial charge in [0.1, 0.15) is 0 Å². The van der Waals surface area contributed by atoms with E-state index in [1.807, 2.05) is 68.1 Å². The summed E-state index contributed by atoms with van der Waals surface area (Å²) in [4.78, 5) is 14.9. The summed E-state index contributed by atoms with van der Waals surface area (Å²) >= 11 is 3.39. The van der Waals surface area contributed by atoms with Gasteiger partial charge in [-0.2, -0.15) is 0 Å². The normalized spacial score (nSPS) is 11.8. The van der Waals surface area contributed by atoms with Crippen molar-refractivity contribution in [1.82, 2.24) is 0 Å². The minimum atomic E-state index is -0.153. The molecule has 3 aromatic rings. The molecule has 0 aliphatic carbocycles. The number of hydrogen-bond donors (Lipinski definition) is 1. The van der Waals surface area contributed by atoms with Gasteiger partial charge in [-0.1, -0.05) is 48.5 Å². The van der Waals surface area contributed by atoms with Crippen LogP contribution in [0.1, 0.15) is 18.1 Å². The first-order chi connectivity index (χ1) is 13.1. The van der Waals surface area contributed by atoms with Crippen LogP contribution in [0.15, 0.2) is 88.7 Å². The van der Waals surface area contributed by atoms with Gasteiger partial charge < -0.3 is 5.32 Å². The molecule has 0 heterocycles. The Balaban J connectivity index is 1.57. The van der Waals surface area contributed by atoms with E-state index in [4.69, 9.17) is 0 Å². The van der Waals surface area contributed by atoms with Gasteiger partial charge in [0.05, 0.1) is 5.25 Å². The Morgan fingerprint density at radius 2 is 1.56 bits per heavy atom. The third kappa shape index (κ3) is 5.91. The summed E-state index contributed by atoms with van der Waals surface area (Å²) < 4.78 is 0. The van der Waals surface area contributed by atoms with Crippen molar-refractivity contribution in [1.29, 1.82) is 0 Å². The van der Waals surface area contributed by atoms with Crippen molar-refractivity contribution in [2.24, 2.45) is 0 Å². The summed E-state index contributed by atoms with van der Waals surface area (Å²) in [7, 11) is 0. The van der Waals surface area contributed by atoms with Crippen LogP contribution in [-0.4, -0.2) is 11.2 Å². The average molecular weight is 394 g/mol. The van der Waals surface area contributed by atoms with Crippen molar-refractivity contribution >= 4 is 35.1 Å². The van der Waals surface area contributed by atoms with Crippen LogP contribution in [-0.2, 0) is 10.5 Å². The summed E-state index contributed by atoms with van der Waals surface area (Å²) in [6, 6.07) is 26.7. The number of anilines is 1. The molecule has 0 radical (unpaired) electrons. The highest BCUT2D eigenvalue weighted by atomic mass is 32.2. The fourth-order valence-electron chi connectivity index (χ4n) is 2.63. The largest absolute Gasteiger partial charge is 0.325 e. The molecular formula is C23H23NOS2. The van der Waals surface area contributed by atoms with E-state index in [9.17, 15) is 4.79 Å². The second kappa shape index (κ2) is 9.67. The molecule has 0 spiro atoms. The quantitative estimate of drug-likeness (QED) is 0.470. The lowest BCUT2D eigenvalue weighted by Gasteiger charge is -2.14. The summed E-state index contributed by atoms with van der Waals surface area (Å²) in [6.07, 6.45) is 0. The second-order valence-corrected chi connectivity index (χ2v) is 8.78. The zero-order valence-electron chi connectivity index (χ0n) is 15.5. The number of rotatable bonds is 7. The topological polar surface area (TPSA) is 29.1 Å². The standard InChI is InChI=1S/C23H23NOS2/c1-17-15-19(16-26-20-9-5-3-6-10-20)13-14-22(17)24-23(25)18(2)27-21-11-7-4-8-12-21/h3-15,18H,16H2,1-2H3,(H,24,25)/t18-/m1/s1. The summed E-state index contributed by atoms with van der Waals surface area (Å²) in [5.41, 5.74) is 3.23. The third-order valence-corrected chi connectivity index (χ3v) is 6.32. The highest BCUT2D eigenvalue weighted by Gasteiger charge is 2.15. The first-order valence-electron chi connectivity index (χ1n) is 8.92. The maximum atomic E-state index is 12.5. The predicted molar refractivity (Wildman–Crippen MR) is 118 cm³/mol. The second-order valence-electron chi connectivity index (χ2n) is 6.31. The first-order valence-corrected chi connectivity index (χ1v) is 10.8. The van der Waals surface area contributed by atoms with Crippen molar-refractivity contribution < 1.29 is 4.79 Å². The van der Waals surface area contributed by atoms with E-state index in [2.05, 4.69) is 41.7 Å². The minimum Gasteiger partial charge on any atom is -0.325 e. The van der Waals surface area contributed by atoms with Gasteiger partial charge in [-0.05, 0) is 55.3 Å². The fraction of sp³-hybridized carbons (Fsp3) is 0.174. The number of carbonyl (C=O) groups is 1. The van der Waals surface area contributed by atoms with Gasteiger partial charge in [-0.3, -0.25) is 4.79 Å². The molecular weight excluding hydrogens is 370 g/mol. The van der Waals surface area contributed by atoms with E-state index in [1.54, 1.807) is 11.8 Å². The predicted octanol–water partition coefficient (Wildman–Crippen LogP) is 6.41. The molecule has 3 rings (SSSR count). The number of aryl methyl sites for hydroxylation is 1. The Labute approximate surface area is 169 Å². The van der Waals surface area contributed by atoms with E-state index < -0.39 is 0 Å². The van der Waals surface area contributed by atoms with Crippen molar-refractivity contribution in [2.45, 2.75) is 34.6 Å². The number of nitrogens with one attached hydrogen (secondary N) is 1. The van der Waals surface area contributed by atoms with E-state index in [-0.39, 0.29) is 11.2 Å². The van der Waals surface area contributed by atoms with Crippen LogP contribution >= 0.6 is 23.5 Å². The van der Waals surface area contributed by atoms with E-state index in [0.29, 0.717) is 0 Å². The van der Waals surface area contributed by atoms with Gasteiger partial charge in [-0.15, -0.1) is 23.5 Å². The zero-order valence-corrected chi connectivity index (χ0v) is 17.1. The molecule has 0 bridgehead atoms. The third-order valence-electron chi connectivity index (χ3n) is 4.12. The fourth-order valence-corrected chi connectivity index (χ4v) is 4.38. The Morgan fingerprint density at radius 1 is 0.926 bits per heavy atom. The van der Waals surface area contributed by atoms with E-state index in [0.717, 1.165) is 21.9 Å². The summed E-state index contributed by atoms with van der Waals surface area (Å²) in [5, 5.41) is 2.91. The van der Waals surface area contributed by atoms with Crippen molar-refractivity contribution in [3.63, 3.8) is 0 Å². The van der Waals surface area contributed by atoms with Gasteiger partial charge in [0.15, 0.2) is 0 Å². The molecule has 27 heavy (non-hydrogen) atoms. The Hall–Kier alpha value is -2.17. The molecule has 0 saturated carbocycles. The Kier molecular flexibility index (Phi) is 7.02. The van der Waals surface area contributed by atoms with Gasteiger partial charge in [0, 0.05) is 21.2 Å². The van der Waals surface area contributed by atoms with Crippen LogP contribution in [0.2, 0.25) is 0 Å². The zero-order chi connectivity index (χ0) is 19.1. The molecule has 0 saturated heterocycles. The average Bonchev–Trinajstić information content (AvgIpc) is 2.69. The molecule has 4 heteroatoms. The minimum absolute atomic E-state index is 0.0263. The Morgan fingerprint density at radius 3 is 2.19 bits per heavy atom. The molecule has 0 aliphatic rings. The van der Waals surface area contributed by atoms with E-state index >= 15 is 0 Å². The van der Waals surface area contributed by atoms with Gasteiger partial charge >= 0.3 is 0 Å². The highest BCUT2D eigenvalue weighted by molar-refractivity contribution is 8.00. The number of thioether (sulfide) groups is 2. The van der Waals surface area contributed by atoms with Crippen molar-refractivity contribution in [3.05, 3.63) is 90.0 Å². The lowest BCUT2D eigenvalue weighted by atomic mass is 10.1. The van der Waals surface area contributed by atoms with Crippen LogP contribution in [0.5, 0.6) is 0 Å². The summed E-state index contributed by atoms with van der Waals surface area (Å²) in [6.45, 7) is 3.98. The number of hydrogen-bond acceptors (Lipinski definition) is 3. The molecule has 1 N–H and O–H groups in total.